The third-order valence-corrected chi connectivity index (χ3v) is 5.02. The van der Waals surface area contributed by atoms with Crippen molar-refractivity contribution in [1.82, 2.24) is 4.90 Å². The van der Waals surface area contributed by atoms with E-state index in [1.807, 2.05) is 0 Å². The largest absolute Gasteiger partial charge is 0.303 e. The smallest absolute Gasteiger partial charge is 0.00101 e. The van der Waals surface area contributed by atoms with Crippen molar-refractivity contribution in [3.05, 3.63) is 12.2 Å². The number of likely N-dealkylation sites (tertiary alicyclic amines) is 1. The van der Waals surface area contributed by atoms with Gasteiger partial charge in [0.1, 0.15) is 0 Å². The van der Waals surface area contributed by atoms with E-state index in [4.69, 9.17) is 0 Å². The van der Waals surface area contributed by atoms with Crippen LogP contribution in [0.1, 0.15) is 78.6 Å². The van der Waals surface area contributed by atoms with Crippen LogP contribution in [-0.4, -0.2) is 24.5 Å². The van der Waals surface area contributed by atoms with Gasteiger partial charge in [-0.05, 0) is 57.0 Å². The minimum atomic E-state index is 0.939. The lowest BCUT2D eigenvalue weighted by Gasteiger charge is -2.17. The van der Waals surface area contributed by atoms with Gasteiger partial charge >= 0.3 is 0 Å². The molecule has 1 atom stereocenters. The lowest BCUT2D eigenvalue weighted by atomic mass is 9.90. The second kappa shape index (κ2) is 10.4. The summed E-state index contributed by atoms with van der Waals surface area (Å²) in [5.41, 5.74) is 1.51. The predicted octanol–water partition coefficient (Wildman–Crippen LogP) is 5.66. The van der Waals surface area contributed by atoms with Gasteiger partial charge in [-0.15, -0.1) is 0 Å². The van der Waals surface area contributed by atoms with Crippen molar-refractivity contribution in [3.8, 4) is 0 Å². The van der Waals surface area contributed by atoms with Gasteiger partial charge < -0.3 is 4.90 Å². The van der Waals surface area contributed by atoms with Crippen molar-refractivity contribution in [2.45, 2.75) is 78.6 Å². The molecule has 0 saturated carbocycles. The van der Waals surface area contributed by atoms with Gasteiger partial charge in [0.25, 0.3) is 0 Å². The molecule has 0 bridgehead atoms. The van der Waals surface area contributed by atoms with E-state index in [1.54, 1.807) is 0 Å². The minimum absolute atomic E-state index is 0.939. The van der Waals surface area contributed by atoms with Crippen molar-refractivity contribution in [1.29, 1.82) is 0 Å². The number of rotatable bonds is 11. The maximum atomic E-state index is 4.33. The molecule has 1 nitrogen and oxygen atoms in total. The normalized spacial score (nSPS) is 19.9. The molecule has 1 aliphatic heterocycles. The Kier molecular flexibility index (Phi) is 9.26. The Labute approximate surface area is 127 Å². The summed E-state index contributed by atoms with van der Waals surface area (Å²) in [6.45, 7) is 15.1. The molecule has 1 aliphatic rings. The monoisotopic (exact) mass is 279 g/mol. The van der Waals surface area contributed by atoms with Gasteiger partial charge in [-0.3, -0.25) is 0 Å². The maximum absolute atomic E-state index is 4.33. The van der Waals surface area contributed by atoms with Crippen LogP contribution >= 0.6 is 0 Å². The molecule has 1 saturated heterocycles. The van der Waals surface area contributed by atoms with E-state index in [9.17, 15) is 0 Å². The standard InChI is InChI=1S/C19H37N/c1-5-8-18(9-6-2)12-10-17(4)11-13-19-14-15-20(7-3)16-19/h18-19H,4-16H2,1-3H3. The molecule has 1 heteroatoms. The quantitative estimate of drug-likeness (QED) is 0.441. The summed E-state index contributed by atoms with van der Waals surface area (Å²) >= 11 is 0. The number of hydrogen-bond donors (Lipinski definition) is 0. The van der Waals surface area contributed by atoms with Crippen LogP contribution in [0.2, 0.25) is 0 Å². The summed E-state index contributed by atoms with van der Waals surface area (Å²) < 4.78 is 0. The third kappa shape index (κ3) is 6.92. The Hall–Kier alpha value is -0.300. The fourth-order valence-corrected chi connectivity index (χ4v) is 3.63. The zero-order valence-electron chi connectivity index (χ0n) is 14.3. The molecule has 0 aromatic rings. The first-order chi connectivity index (χ1) is 9.69. The molecule has 1 rings (SSSR count). The van der Waals surface area contributed by atoms with Crippen LogP contribution in [0.5, 0.6) is 0 Å². The average molecular weight is 280 g/mol. The molecule has 20 heavy (non-hydrogen) atoms. The molecule has 0 aliphatic carbocycles. The van der Waals surface area contributed by atoms with E-state index in [0.29, 0.717) is 0 Å². The van der Waals surface area contributed by atoms with Crippen LogP contribution in [0.15, 0.2) is 12.2 Å². The van der Waals surface area contributed by atoms with Gasteiger partial charge in [0.15, 0.2) is 0 Å². The summed E-state index contributed by atoms with van der Waals surface area (Å²) in [4.78, 5) is 2.59. The van der Waals surface area contributed by atoms with E-state index in [2.05, 4.69) is 32.3 Å². The molecule has 0 aromatic carbocycles. The van der Waals surface area contributed by atoms with Gasteiger partial charge in [-0.2, -0.15) is 0 Å². The van der Waals surface area contributed by atoms with E-state index < -0.39 is 0 Å². The molecule has 0 radical (unpaired) electrons. The van der Waals surface area contributed by atoms with Crippen LogP contribution in [0.4, 0.5) is 0 Å². The lowest BCUT2D eigenvalue weighted by molar-refractivity contribution is 0.337. The van der Waals surface area contributed by atoms with E-state index >= 15 is 0 Å². The Bertz CT molecular complexity index is 252. The van der Waals surface area contributed by atoms with Gasteiger partial charge in [-0.25, -0.2) is 0 Å². The molecular weight excluding hydrogens is 242 g/mol. The highest BCUT2D eigenvalue weighted by Gasteiger charge is 2.20. The molecule has 1 heterocycles. The van der Waals surface area contributed by atoms with Crippen molar-refractivity contribution in [2.24, 2.45) is 11.8 Å². The fraction of sp³-hybridized carbons (Fsp3) is 0.895. The van der Waals surface area contributed by atoms with E-state index in [-0.39, 0.29) is 0 Å². The lowest BCUT2D eigenvalue weighted by Crippen LogP contribution is -2.19. The minimum Gasteiger partial charge on any atom is -0.303 e. The Balaban J connectivity index is 2.13. The second-order valence-corrected chi connectivity index (χ2v) is 6.82. The molecule has 118 valence electrons. The van der Waals surface area contributed by atoms with Gasteiger partial charge in [0, 0.05) is 6.54 Å². The van der Waals surface area contributed by atoms with Gasteiger partial charge in [0.05, 0.1) is 0 Å². The molecule has 0 amide bonds. The summed E-state index contributed by atoms with van der Waals surface area (Å²) in [6, 6.07) is 0. The summed E-state index contributed by atoms with van der Waals surface area (Å²) in [7, 11) is 0. The van der Waals surface area contributed by atoms with Gasteiger partial charge in [-0.1, -0.05) is 58.6 Å². The van der Waals surface area contributed by atoms with Crippen LogP contribution < -0.4 is 0 Å². The van der Waals surface area contributed by atoms with Crippen LogP contribution in [0.25, 0.3) is 0 Å². The molecule has 0 aromatic heterocycles. The summed E-state index contributed by atoms with van der Waals surface area (Å²) in [5.74, 6) is 1.89. The SMILES string of the molecule is C=C(CCC(CCC)CCC)CCC1CCN(CC)C1. The third-order valence-electron chi connectivity index (χ3n) is 5.02. The van der Waals surface area contributed by atoms with E-state index in [0.717, 1.165) is 11.8 Å². The van der Waals surface area contributed by atoms with Crippen LogP contribution in [-0.2, 0) is 0 Å². The maximum Gasteiger partial charge on any atom is 0.00101 e. The number of allylic oxidation sites excluding steroid dienone is 1. The zero-order chi connectivity index (χ0) is 14.8. The molecular formula is C19H37N. The topological polar surface area (TPSA) is 3.24 Å². The molecule has 1 unspecified atom stereocenters. The highest BCUT2D eigenvalue weighted by Crippen LogP contribution is 2.26. The second-order valence-electron chi connectivity index (χ2n) is 6.82. The zero-order valence-corrected chi connectivity index (χ0v) is 14.3. The van der Waals surface area contributed by atoms with Crippen molar-refractivity contribution >= 4 is 0 Å². The van der Waals surface area contributed by atoms with Gasteiger partial charge in [0.2, 0.25) is 0 Å². The van der Waals surface area contributed by atoms with E-state index in [1.165, 1.54) is 83.0 Å². The van der Waals surface area contributed by atoms with Crippen molar-refractivity contribution in [3.63, 3.8) is 0 Å². The molecule has 0 N–H and O–H groups in total. The Morgan fingerprint density at radius 1 is 1.10 bits per heavy atom. The Morgan fingerprint density at radius 3 is 2.35 bits per heavy atom. The first kappa shape index (κ1) is 17.8. The average Bonchev–Trinajstić information content (AvgIpc) is 2.91. The predicted molar refractivity (Wildman–Crippen MR) is 91.1 cm³/mol. The fourth-order valence-electron chi connectivity index (χ4n) is 3.63. The molecule has 0 spiro atoms. The number of hydrogen-bond acceptors (Lipinski definition) is 1. The van der Waals surface area contributed by atoms with Crippen molar-refractivity contribution in [2.75, 3.05) is 19.6 Å². The molecule has 1 fully saturated rings. The summed E-state index contributed by atoms with van der Waals surface area (Å²) in [5, 5.41) is 0. The first-order valence-electron chi connectivity index (χ1n) is 9.08. The van der Waals surface area contributed by atoms with Crippen LogP contribution in [0.3, 0.4) is 0 Å². The first-order valence-corrected chi connectivity index (χ1v) is 9.08. The van der Waals surface area contributed by atoms with Crippen molar-refractivity contribution < 1.29 is 0 Å². The van der Waals surface area contributed by atoms with Crippen LogP contribution in [0, 0.1) is 11.8 Å². The summed E-state index contributed by atoms with van der Waals surface area (Å²) in [6.07, 6.45) is 12.2. The highest BCUT2D eigenvalue weighted by molar-refractivity contribution is 4.95. The highest BCUT2D eigenvalue weighted by atomic mass is 15.1. The number of nitrogens with zero attached hydrogens (tertiary/aromatic N) is 1. The Morgan fingerprint density at radius 2 is 1.80 bits per heavy atom.